The summed E-state index contributed by atoms with van der Waals surface area (Å²) in [6.45, 7) is 5.90. The molecule has 0 aliphatic rings. The van der Waals surface area contributed by atoms with E-state index < -0.39 is 0 Å². The third-order valence-corrected chi connectivity index (χ3v) is 3.84. The zero-order chi connectivity index (χ0) is 14.9. The molecule has 106 valence electrons. The summed E-state index contributed by atoms with van der Waals surface area (Å²) in [5, 5.41) is 3.54. The molecule has 0 aliphatic heterocycles. The van der Waals surface area contributed by atoms with Crippen LogP contribution in [0.2, 0.25) is 5.15 Å². The van der Waals surface area contributed by atoms with Gasteiger partial charge in [-0.05, 0) is 46.5 Å². The molecule has 0 fully saturated rings. The largest absolute Gasteiger partial charge is 0.340 e. The SMILES string of the molecule is Cc1cc(Br)c(F)cc1Nc1ncnc(Cl)c1C(C)C. The molecular formula is C14H14BrClFN3. The van der Waals surface area contributed by atoms with E-state index in [-0.39, 0.29) is 11.7 Å². The third kappa shape index (κ3) is 3.10. The Kier molecular flexibility index (Phi) is 4.60. The number of rotatable bonds is 3. The Labute approximate surface area is 130 Å². The minimum absolute atomic E-state index is 0.159. The van der Waals surface area contributed by atoms with Crippen LogP contribution < -0.4 is 5.32 Å². The number of hydrogen-bond acceptors (Lipinski definition) is 3. The highest BCUT2D eigenvalue weighted by Crippen LogP contribution is 2.32. The van der Waals surface area contributed by atoms with Crippen molar-refractivity contribution in [2.24, 2.45) is 0 Å². The summed E-state index contributed by atoms with van der Waals surface area (Å²) in [6.07, 6.45) is 1.39. The van der Waals surface area contributed by atoms with Gasteiger partial charge in [0.25, 0.3) is 0 Å². The van der Waals surface area contributed by atoms with Gasteiger partial charge in [-0.2, -0.15) is 0 Å². The maximum atomic E-state index is 13.7. The molecule has 0 atom stereocenters. The fourth-order valence-corrected chi connectivity index (χ4v) is 2.70. The first-order chi connectivity index (χ1) is 9.40. The monoisotopic (exact) mass is 357 g/mol. The smallest absolute Gasteiger partial charge is 0.139 e. The normalized spacial score (nSPS) is 10.9. The molecule has 0 saturated carbocycles. The third-order valence-electron chi connectivity index (χ3n) is 2.93. The van der Waals surface area contributed by atoms with Crippen LogP contribution >= 0.6 is 27.5 Å². The highest BCUT2D eigenvalue weighted by Gasteiger charge is 2.15. The van der Waals surface area contributed by atoms with Crippen molar-refractivity contribution in [3.05, 3.63) is 45.0 Å². The van der Waals surface area contributed by atoms with E-state index in [0.29, 0.717) is 21.1 Å². The summed E-state index contributed by atoms with van der Waals surface area (Å²) in [5.41, 5.74) is 2.38. The van der Waals surface area contributed by atoms with E-state index in [9.17, 15) is 4.39 Å². The number of halogens is 3. The summed E-state index contributed by atoms with van der Waals surface area (Å²) in [5.74, 6) is 0.431. The molecule has 1 aromatic heterocycles. The molecule has 0 spiro atoms. The summed E-state index contributed by atoms with van der Waals surface area (Å²) < 4.78 is 14.1. The fourth-order valence-electron chi connectivity index (χ4n) is 1.89. The van der Waals surface area contributed by atoms with E-state index in [4.69, 9.17) is 11.6 Å². The van der Waals surface area contributed by atoms with Gasteiger partial charge in [-0.25, -0.2) is 14.4 Å². The Morgan fingerprint density at radius 2 is 2.00 bits per heavy atom. The Balaban J connectivity index is 2.45. The van der Waals surface area contributed by atoms with E-state index in [1.807, 2.05) is 20.8 Å². The second kappa shape index (κ2) is 6.06. The average Bonchev–Trinajstić information content (AvgIpc) is 2.35. The lowest BCUT2D eigenvalue weighted by molar-refractivity contribution is 0.621. The molecule has 0 unspecified atom stereocenters. The topological polar surface area (TPSA) is 37.8 Å². The fraction of sp³-hybridized carbons (Fsp3) is 0.286. The Hall–Kier alpha value is -1.20. The summed E-state index contributed by atoms with van der Waals surface area (Å²) in [7, 11) is 0. The highest BCUT2D eigenvalue weighted by atomic mass is 79.9. The van der Waals surface area contributed by atoms with Crippen molar-refractivity contribution in [3.63, 3.8) is 0 Å². The van der Waals surface area contributed by atoms with E-state index in [2.05, 4.69) is 31.2 Å². The van der Waals surface area contributed by atoms with Crippen LogP contribution in [-0.4, -0.2) is 9.97 Å². The van der Waals surface area contributed by atoms with Gasteiger partial charge in [-0.1, -0.05) is 25.4 Å². The van der Waals surface area contributed by atoms with Crippen molar-refractivity contribution in [2.45, 2.75) is 26.7 Å². The van der Waals surface area contributed by atoms with Crippen LogP contribution in [0.15, 0.2) is 22.9 Å². The van der Waals surface area contributed by atoms with Crippen molar-refractivity contribution in [3.8, 4) is 0 Å². The van der Waals surface area contributed by atoms with Gasteiger partial charge in [0.05, 0.1) is 4.47 Å². The maximum Gasteiger partial charge on any atom is 0.139 e. The van der Waals surface area contributed by atoms with Gasteiger partial charge in [0.1, 0.15) is 23.1 Å². The predicted molar refractivity (Wildman–Crippen MR) is 83.3 cm³/mol. The number of nitrogens with zero attached hydrogens (tertiary/aromatic N) is 2. The van der Waals surface area contributed by atoms with Crippen molar-refractivity contribution in [2.75, 3.05) is 5.32 Å². The standard InChI is InChI=1S/C14H14BrClFN3/c1-7(2)12-13(16)18-6-19-14(12)20-11-5-10(17)9(15)4-8(11)3/h4-7H,1-3H3,(H,18,19,20). The van der Waals surface area contributed by atoms with Gasteiger partial charge in [-0.3, -0.25) is 0 Å². The van der Waals surface area contributed by atoms with Crippen LogP contribution in [0.5, 0.6) is 0 Å². The van der Waals surface area contributed by atoms with Gasteiger partial charge in [0.2, 0.25) is 0 Å². The van der Waals surface area contributed by atoms with E-state index in [0.717, 1.165) is 11.1 Å². The first-order valence-electron chi connectivity index (χ1n) is 6.13. The van der Waals surface area contributed by atoms with Crippen LogP contribution in [0.25, 0.3) is 0 Å². The zero-order valence-corrected chi connectivity index (χ0v) is 13.7. The Morgan fingerprint density at radius 1 is 1.30 bits per heavy atom. The number of nitrogens with one attached hydrogen (secondary N) is 1. The molecule has 1 heterocycles. The molecule has 20 heavy (non-hydrogen) atoms. The number of hydrogen-bond donors (Lipinski definition) is 1. The lowest BCUT2D eigenvalue weighted by Gasteiger charge is -2.16. The van der Waals surface area contributed by atoms with E-state index in [1.165, 1.54) is 12.4 Å². The first kappa shape index (κ1) is 15.2. The molecule has 2 aromatic rings. The number of anilines is 2. The summed E-state index contributed by atoms with van der Waals surface area (Å²) in [6, 6.07) is 3.15. The highest BCUT2D eigenvalue weighted by molar-refractivity contribution is 9.10. The lowest BCUT2D eigenvalue weighted by atomic mass is 10.1. The molecular weight excluding hydrogens is 345 g/mol. The van der Waals surface area contributed by atoms with E-state index >= 15 is 0 Å². The van der Waals surface area contributed by atoms with Crippen LogP contribution in [-0.2, 0) is 0 Å². The van der Waals surface area contributed by atoms with Crippen LogP contribution in [0.3, 0.4) is 0 Å². The van der Waals surface area contributed by atoms with Gasteiger partial charge < -0.3 is 5.32 Å². The zero-order valence-electron chi connectivity index (χ0n) is 11.3. The van der Waals surface area contributed by atoms with Crippen LogP contribution in [0.4, 0.5) is 15.9 Å². The Bertz CT molecular complexity index is 647. The van der Waals surface area contributed by atoms with Gasteiger partial charge in [-0.15, -0.1) is 0 Å². The average molecular weight is 359 g/mol. The number of benzene rings is 1. The van der Waals surface area contributed by atoms with E-state index in [1.54, 1.807) is 6.07 Å². The lowest BCUT2D eigenvalue weighted by Crippen LogP contribution is -2.04. The molecule has 2 rings (SSSR count). The molecule has 1 N–H and O–H groups in total. The van der Waals surface area contributed by atoms with Gasteiger partial charge in [0, 0.05) is 11.3 Å². The second-order valence-corrected chi connectivity index (χ2v) is 6.00. The predicted octanol–water partition coefficient (Wildman–Crippen LogP) is 5.21. The van der Waals surface area contributed by atoms with Crippen molar-refractivity contribution in [1.29, 1.82) is 0 Å². The molecule has 0 aliphatic carbocycles. The molecule has 1 aromatic carbocycles. The van der Waals surface area contributed by atoms with Crippen LogP contribution in [0, 0.1) is 12.7 Å². The molecule has 0 amide bonds. The van der Waals surface area contributed by atoms with Crippen LogP contribution in [0.1, 0.15) is 30.9 Å². The molecule has 6 heteroatoms. The first-order valence-corrected chi connectivity index (χ1v) is 7.30. The minimum atomic E-state index is -0.329. The second-order valence-electron chi connectivity index (χ2n) is 4.79. The molecule has 3 nitrogen and oxygen atoms in total. The number of aryl methyl sites for hydroxylation is 1. The van der Waals surface area contributed by atoms with Crippen molar-refractivity contribution < 1.29 is 4.39 Å². The van der Waals surface area contributed by atoms with Gasteiger partial charge in [0.15, 0.2) is 0 Å². The molecule has 0 saturated heterocycles. The maximum absolute atomic E-state index is 13.7. The minimum Gasteiger partial charge on any atom is -0.340 e. The number of aromatic nitrogens is 2. The quantitative estimate of drug-likeness (QED) is 0.766. The summed E-state index contributed by atoms with van der Waals surface area (Å²) in [4.78, 5) is 8.20. The van der Waals surface area contributed by atoms with Crippen molar-refractivity contribution in [1.82, 2.24) is 9.97 Å². The van der Waals surface area contributed by atoms with Gasteiger partial charge >= 0.3 is 0 Å². The molecule has 0 bridgehead atoms. The molecule has 0 radical (unpaired) electrons. The van der Waals surface area contributed by atoms with Crippen molar-refractivity contribution >= 4 is 39.0 Å². The summed E-state index contributed by atoms with van der Waals surface area (Å²) >= 11 is 9.28. The Morgan fingerprint density at radius 3 is 2.65 bits per heavy atom.